The number of hydrogen-bond donors (Lipinski definition) is 0. The minimum absolute atomic E-state index is 0.103. The van der Waals surface area contributed by atoms with E-state index in [4.69, 9.17) is 0 Å². The first-order valence-corrected chi connectivity index (χ1v) is 5.71. The molecule has 0 radical (unpaired) electrons. The second-order valence-electron chi connectivity index (χ2n) is 4.10. The third-order valence-electron chi connectivity index (χ3n) is 2.60. The zero-order valence-electron chi connectivity index (χ0n) is 9.91. The Morgan fingerprint density at radius 2 is 2.05 bits per heavy atom. The second-order valence-corrected chi connectivity index (χ2v) is 4.10. The maximum atomic E-state index is 12.1. The van der Waals surface area contributed by atoms with Gasteiger partial charge in [0, 0.05) is 5.57 Å². The Bertz CT molecular complexity index is 542. The molecule has 0 fully saturated rings. The summed E-state index contributed by atoms with van der Waals surface area (Å²) in [4.78, 5) is 11.5. The van der Waals surface area contributed by atoms with Crippen LogP contribution in [0.25, 0.3) is 6.08 Å². The number of rotatable bonds is 2. The van der Waals surface area contributed by atoms with E-state index in [0.717, 1.165) is 6.42 Å². The van der Waals surface area contributed by atoms with Crippen molar-refractivity contribution < 1.29 is 22.7 Å². The molecule has 2 rings (SSSR count). The highest BCUT2D eigenvalue weighted by molar-refractivity contribution is 6.07. The van der Waals surface area contributed by atoms with Crippen LogP contribution in [-0.2, 0) is 4.79 Å². The van der Waals surface area contributed by atoms with Crippen LogP contribution in [-0.4, -0.2) is 12.1 Å². The fraction of sp³-hybridized carbons (Fsp3) is 0.214. The molecule has 0 aliphatic heterocycles. The number of carbonyl (C=O) groups is 1. The lowest BCUT2D eigenvalue weighted by Gasteiger charge is -2.10. The van der Waals surface area contributed by atoms with Crippen molar-refractivity contribution in [2.24, 2.45) is 0 Å². The van der Waals surface area contributed by atoms with Crippen molar-refractivity contribution in [3.63, 3.8) is 0 Å². The van der Waals surface area contributed by atoms with Crippen molar-refractivity contribution in [2.75, 3.05) is 0 Å². The van der Waals surface area contributed by atoms with Gasteiger partial charge in [0.05, 0.1) is 0 Å². The fourth-order valence-electron chi connectivity index (χ4n) is 1.81. The smallest absolute Gasteiger partial charge is 0.406 e. The van der Waals surface area contributed by atoms with Gasteiger partial charge in [-0.2, -0.15) is 0 Å². The van der Waals surface area contributed by atoms with Crippen molar-refractivity contribution in [3.8, 4) is 5.75 Å². The molecule has 100 valence electrons. The molecule has 1 aliphatic carbocycles. The van der Waals surface area contributed by atoms with Crippen LogP contribution < -0.4 is 4.74 Å². The summed E-state index contributed by atoms with van der Waals surface area (Å²) >= 11 is 0. The predicted molar refractivity (Wildman–Crippen MR) is 64.5 cm³/mol. The van der Waals surface area contributed by atoms with Crippen LogP contribution in [0.1, 0.15) is 18.4 Å². The largest absolute Gasteiger partial charge is 0.573 e. The van der Waals surface area contributed by atoms with Gasteiger partial charge in [0.25, 0.3) is 0 Å². The van der Waals surface area contributed by atoms with Gasteiger partial charge in [0.15, 0.2) is 5.78 Å². The summed E-state index contributed by atoms with van der Waals surface area (Å²) in [6, 6.07) is 5.56. The van der Waals surface area contributed by atoms with Gasteiger partial charge in [-0.15, -0.1) is 13.2 Å². The molecule has 2 nitrogen and oxygen atoms in total. The van der Waals surface area contributed by atoms with Crippen molar-refractivity contribution >= 4 is 11.9 Å². The number of ketones is 1. The number of halogens is 3. The standard InChI is InChI=1S/C14H11F3O2/c15-14(16,17)19-12-6-3-4-10(9-12)8-11-5-1-2-7-13(11)18/h2-4,6-9H,1,5H2/b11-8+. The average molecular weight is 268 g/mol. The molecule has 0 saturated heterocycles. The van der Waals surface area contributed by atoms with Gasteiger partial charge >= 0.3 is 6.36 Å². The zero-order chi connectivity index (χ0) is 13.9. The number of carbonyl (C=O) groups excluding carboxylic acids is 1. The highest BCUT2D eigenvalue weighted by atomic mass is 19.4. The molecular formula is C14H11F3O2. The van der Waals surface area contributed by atoms with Crippen LogP contribution >= 0.6 is 0 Å². The van der Waals surface area contributed by atoms with Crippen molar-refractivity contribution in [2.45, 2.75) is 19.2 Å². The Morgan fingerprint density at radius 1 is 1.26 bits per heavy atom. The van der Waals surface area contributed by atoms with Gasteiger partial charge < -0.3 is 4.74 Å². The molecule has 0 saturated carbocycles. The maximum absolute atomic E-state index is 12.1. The summed E-state index contributed by atoms with van der Waals surface area (Å²) in [5.74, 6) is -0.394. The molecule has 0 amide bonds. The lowest BCUT2D eigenvalue weighted by atomic mass is 9.97. The lowest BCUT2D eigenvalue weighted by Crippen LogP contribution is -2.17. The number of alkyl halides is 3. The summed E-state index contributed by atoms with van der Waals surface area (Å²) < 4.78 is 40.1. The van der Waals surface area contributed by atoms with Gasteiger partial charge in [-0.25, -0.2) is 0 Å². The van der Waals surface area contributed by atoms with Gasteiger partial charge in [-0.05, 0) is 42.7 Å². The molecule has 1 aliphatic rings. The minimum atomic E-state index is -4.71. The molecule has 0 spiro atoms. The van der Waals surface area contributed by atoms with Gasteiger partial charge in [-0.1, -0.05) is 18.2 Å². The van der Waals surface area contributed by atoms with E-state index in [-0.39, 0.29) is 11.5 Å². The molecule has 19 heavy (non-hydrogen) atoms. The van der Waals surface area contributed by atoms with E-state index >= 15 is 0 Å². The molecule has 0 N–H and O–H groups in total. The highest BCUT2D eigenvalue weighted by Gasteiger charge is 2.31. The number of benzene rings is 1. The molecule has 0 heterocycles. The first-order chi connectivity index (χ1) is 8.94. The van der Waals surface area contributed by atoms with E-state index in [1.807, 2.05) is 0 Å². The normalized spacial score (nSPS) is 17.8. The molecular weight excluding hydrogens is 257 g/mol. The molecule has 0 bridgehead atoms. The van der Waals surface area contributed by atoms with Crippen molar-refractivity contribution in [1.29, 1.82) is 0 Å². The summed E-state index contributed by atoms with van der Waals surface area (Å²) in [5.41, 5.74) is 1.10. The third-order valence-corrected chi connectivity index (χ3v) is 2.60. The molecule has 1 aromatic rings. The van der Waals surface area contributed by atoms with Gasteiger partial charge in [0.1, 0.15) is 5.75 Å². The van der Waals surface area contributed by atoms with Crippen molar-refractivity contribution in [3.05, 3.63) is 47.6 Å². The van der Waals surface area contributed by atoms with Gasteiger partial charge in [0.2, 0.25) is 0 Å². The highest BCUT2D eigenvalue weighted by Crippen LogP contribution is 2.25. The Hall–Kier alpha value is -2.04. The van der Waals surface area contributed by atoms with Crippen LogP contribution in [0, 0.1) is 0 Å². The quantitative estimate of drug-likeness (QED) is 0.761. The Balaban J connectivity index is 2.22. The molecule has 5 heteroatoms. The third kappa shape index (κ3) is 3.98. The first kappa shape index (κ1) is 13.4. The minimum Gasteiger partial charge on any atom is -0.406 e. The van der Waals surface area contributed by atoms with Crippen LogP contribution in [0.2, 0.25) is 0 Å². The molecule has 0 aromatic heterocycles. The monoisotopic (exact) mass is 268 g/mol. The van der Waals surface area contributed by atoms with E-state index in [1.54, 1.807) is 18.2 Å². The van der Waals surface area contributed by atoms with Crippen LogP contribution in [0.3, 0.4) is 0 Å². The van der Waals surface area contributed by atoms with Crippen molar-refractivity contribution in [1.82, 2.24) is 0 Å². The molecule has 0 atom stereocenters. The SMILES string of the molecule is O=C1C=CCC/C1=C\c1cccc(OC(F)(F)F)c1. The summed E-state index contributed by atoms with van der Waals surface area (Å²) in [6.45, 7) is 0. The summed E-state index contributed by atoms with van der Waals surface area (Å²) in [7, 11) is 0. The van der Waals surface area contributed by atoms with Crippen LogP contribution in [0.5, 0.6) is 5.75 Å². The van der Waals surface area contributed by atoms with E-state index in [1.165, 1.54) is 24.3 Å². The number of allylic oxidation sites excluding steroid dienone is 3. The second kappa shape index (κ2) is 5.30. The van der Waals surface area contributed by atoms with Crippen LogP contribution in [0.4, 0.5) is 13.2 Å². The topological polar surface area (TPSA) is 26.3 Å². The number of ether oxygens (including phenoxy) is 1. The average Bonchev–Trinajstić information content (AvgIpc) is 2.30. The molecule has 1 aromatic carbocycles. The Kier molecular flexibility index (Phi) is 3.74. The fourth-order valence-corrected chi connectivity index (χ4v) is 1.81. The van der Waals surface area contributed by atoms with Crippen LogP contribution in [0.15, 0.2) is 42.0 Å². The predicted octanol–water partition coefficient (Wildman–Crippen LogP) is 3.89. The maximum Gasteiger partial charge on any atom is 0.573 e. The molecule has 0 unspecified atom stereocenters. The lowest BCUT2D eigenvalue weighted by molar-refractivity contribution is -0.274. The summed E-state index contributed by atoms with van der Waals surface area (Å²) in [6.07, 6.45) is 1.49. The number of hydrogen-bond acceptors (Lipinski definition) is 2. The Morgan fingerprint density at radius 3 is 2.74 bits per heavy atom. The Labute approximate surface area is 108 Å². The zero-order valence-corrected chi connectivity index (χ0v) is 9.91. The van der Waals surface area contributed by atoms with E-state index in [0.29, 0.717) is 17.6 Å². The van der Waals surface area contributed by atoms with E-state index < -0.39 is 6.36 Å². The van der Waals surface area contributed by atoms with Gasteiger partial charge in [-0.3, -0.25) is 4.79 Å². The first-order valence-electron chi connectivity index (χ1n) is 5.71. The van der Waals surface area contributed by atoms with E-state index in [2.05, 4.69) is 4.74 Å². The summed E-state index contributed by atoms with van der Waals surface area (Å²) in [5, 5.41) is 0. The van der Waals surface area contributed by atoms with E-state index in [9.17, 15) is 18.0 Å².